The highest BCUT2D eigenvalue weighted by molar-refractivity contribution is 7.13. The number of carbonyl (C=O) groups excluding carboxylic acids is 1. The molecule has 1 fully saturated rings. The molecule has 2 aromatic rings. The summed E-state index contributed by atoms with van der Waals surface area (Å²) >= 11 is 1.69. The van der Waals surface area contributed by atoms with E-state index >= 15 is 0 Å². The molecule has 25 heavy (non-hydrogen) atoms. The number of anilines is 2. The molecular formula is C19H26N4OS. The lowest BCUT2D eigenvalue weighted by atomic mass is 10.1. The van der Waals surface area contributed by atoms with Crippen LogP contribution in [0.2, 0.25) is 0 Å². The largest absolute Gasteiger partial charge is 0.346 e. The minimum absolute atomic E-state index is 0.0635. The minimum atomic E-state index is 0.0635. The summed E-state index contributed by atoms with van der Waals surface area (Å²) in [7, 11) is 0. The molecule has 3 rings (SSSR count). The third kappa shape index (κ3) is 4.38. The monoisotopic (exact) mass is 358 g/mol. The van der Waals surface area contributed by atoms with Crippen molar-refractivity contribution in [3.63, 3.8) is 0 Å². The summed E-state index contributed by atoms with van der Waals surface area (Å²) in [5.41, 5.74) is 5.49. The minimum Gasteiger partial charge on any atom is -0.346 e. The standard InChI is InChI=1S/C19H26N4OS/c1-13-9-14(2)18(15(3)10-13)21-17(24)11-22-5-7-23(8-6-22)19-20-16(4)12-25-19/h9-10,12H,5-8,11H2,1-4H3,(H,21,24). The van der Waals surface area contributed by atoms with Gasteiger partial charge in [0.25, 0.3) is 0 Å². The Bertz CT molecular complexity index is 740. The molecule has 0 unspecified atom stereocenters. The van der Waals surface area contributed by atoms with Crippen LogP contribution in [-0.4, -0.2) is 48.5 Å². The summed E-state index contributed by atoms with van der Waals surface area (Å²) in [4.78, 5) is 21.5. The second kappa shape index (κ2) is 7.54. The third-order valence-electron chi connectivity index (χ3n) is 4.56. The van der Waals surface area contributed by atoms with Crippen LogP contribution < -0.4 is 10.2 Å². The topological polar surface area (TPSA) is 48.5 Å². The zero-order valence-electron chi connectivity index (χ0n) is 15.4. The van der Waals surface area contributed by atoms with Gasteiger partial charge in [0.2, 0.25) is 5.91 Å². The number of hydrogen-bond donors (Lipinski definition) is 1. The second-order valence-electron chi connectivity index (χ2n) is 6.86. The van der Waals surface area contributed by atoms with Gasteiger partial charge in [0.05, 0.1) is 12.2 Å². The molecule has 1 aliphatic heterocycles. The van der Waals surface area contributed by atoms with Gasteiger partial charge in [-0.05, 0) is 38.8 Å². The fourth-order valence-corrected chi connectivity index (χ4v) is 4.20. The van der Waals surface area contributed by atoms with Crippen molar-refractivity contribution in [2.45, 2.75) is 27.7 Å². The maximum absolute atomic E-state index is 12.4. The summed E-state index contributed by atoms with van der Waals surface area (Å²) < 4.78 is 0. The molecule has 0 atom stereocenters. The van der Waals surface area contributed by atoms with E-state index in [0.717, 1.165) is 53.8 Å². The van der Waals surface area contributed by atoms with E-state index in [1.807, 2.05) is 20.8 Å². The van der Waals surface area contributed by atoms with Gasteiger partial charge in [-0.25, -0.2) is 4.98 Å². The molecule has 0 spiro atoms. The molecule has 1 saturated heterocycles. The second-order valence-corrected chi connectivity index (χ2v) is 7.69. The van der Waals surface area contributed by atoms with Crippen LogP contribution in [0.15, 0.2) is 17.5 Å². The number of rotatable bonds is 4. The van der Waals surface area contributed by atoms with Gasteiger partial charge in [-0.1, -0.05) is 17.7 Å². The van der Waals surface area contributed by atoms with Crippen molar-refractivity contribution in [1.29, 1.82) is 0 Å². The first-order chi connectivity index (χ1) is 11.9. The van der Waals surface area contributed by atoms with Crippen LogP contribution in [0.4, 0.5) is 10.8 Å². The first kappa shape index (κ1) is 17.9. The molecule has 0 bridgehead atoms. The highest BCUT2D eigenvalue weighted by Gasteiger charge is 2.21. The number of amides is 1. The number of thiazole rings is 1. The molecule has 6 heteroatoms. The van der Waals surface area contributed by atoms with Gasteiger partial charge in [0, 0.05) is 37.2 Å². The smallest absolute Gasteiger partial charge is 0.238 e. The summed E-state index contributed by atoms with van der Waals surface area (Å²) in [6.45, 7) is 12.2. The van der Waals surface area contributed by atoms with Gasteiger partial charge in [-0.2, -0.15) is 0 Å². The molecule has 1 amide bonds. The van der Waals surface area contributed by atoms with E-state index < -0.39 is 0 Å². The van der Waals surface area contributed by atoms with Crippen LogP contribution in [-0.2, 0) is 4.79 Å². The van der Waals surface area contributed by atoms with Gasteiger partial charge >= 0.3 is 0 Å². The number of aromatic nitrogens is 1. The van der Waals surface area contributed by atoms with Gasteiger partial charge in [-0.15, -0.1) is 11.3 Å². The molecule has 5 nitrogen and oxygen atoms in total. The zero-order valence-corrected chi connectivity index (χ0v) is 16.2. The molecule has 1 aromatic carbocycles. The molecule has 0 radical (unpaired) electrons. The molecule has 0 aliphatic carbocycles. The normalized spacial score (nSPS) is 15.4. The number of nitrogens with one attached hydrogen (secondary N) is 1. The van der Waals surface area contributed by atoms with Crippen LogP contribution >= 0.6 is 11.3 Å². The maximum atomic E-state index is 12.4. The fourth-order valence-electron chi connectivity index (χ4n) is 3.34. The molecule has 1 aliphatic rings. The van der Waals surface area contributed by atoms with Crippen LogP contribution in [0.25, 0.3) is 0 Å². The third-order valence-corrected chi connectivity index (χ3v) is 5.58. The van der Waals surface area contributed by atoms with Crippen molar-refractivity contribution < 1.29 is 4.79 Å². The van der Waals surface area contributed by atoms with Crippen molar-refractivity contribution in [1.82, 2.24) is 9.88 Å². The van der Waals surface area contributed by atoms with Crippen LogP contribution in [0.3, 0.4) is 0 Å². The molecule has 2 heterocycles. The van der Waals surface area contributed by atoms with E-state index in [1.165, 1.54) is 5.56 Å². The first-order valence-corrected chi connectivity index (χ1v) is 9.57. The predicted molar refractivity (Wildman–Crippen MR) is 105 cm³/mol. The summed E-state index contributed by atoms with van der Waals surface area (Å²) in [5, 5.41) is 6.27. The van der Waals surface area contributed by atoms with Crippen molar-refractivity contribution in [2.75, 3.05) is 42.9 Å². The summed E-state index contributed by atoms with van der Waals surface area (Å²) in [6, 6.07) is 4.22. The van der Waals surface area contributed by atoms with Gasteiger partial charge < -0.3 is 10.2 Å². The fraction of sp³-hybridized carbons (Fsp3) is 0.474. The maximum Gasteiger partial charge on any atom is 0.238 e. The molecule has 134 valence electrons. The van der Waals surface area contributed by atoms with Gasteiger partial charge in [0.1, 0.15) is 0 Å². The van der Waals surface area contributed by atoms with Gasteiger partial charge in [0.15, 0.2) is 5.13 Å². The molecule has 0 saturated carbocycles. The first-order valence-electron chi connectivity index (χ1n) is 8.69. The van der Waals surface area contributed by atoms with E-state index in [2.05, 4.69) is 44.5 Å². The number of aryl methyl sites for hydroxylation is 4. The van der Waals surface area contributed by atoms with Crippen LogP contribution in [0.1, 0.15) is 22.4 Å². The van der Waals surface area contributed by atoms with Crippen molar-refractivity contribution in [3.8, 4) is 0 Å². The lowest BCUT2D eigenvalue weighted by Crippen LogP contribution is -2.48. The van der Waals surface area contributed by atoms with E-state index in [9.17, 15) is 4.79 Å². The Morgan fingerprint density at radius 2 is 1.76 bits per heavy atom. The average molecular weight is 359 g/mol. The Morgan fingerprint density at radius 3 is 2.32 bits per heavy atom. The van der Waals surface area contributed by atoms with E-state index in [-0.39, 0.29) is 5.91 Å². The van der Waals surface area contributed by atoms with Crippen LogP contribution in [0.5, 0.6) is 0 Å². The molecule has 1 N–H and O–H groups in total. The highest BCUT2D eigenvalue weighted by atomic mass is 32.1. The predicted octanol–water partition coefficient (Wildman–Crippen LogP) is 3.14. The van der Waals surface area contributed by atoms with E-state index in [4.69, 9.17) is 0 Å². The highest BCUT2D eigenvalue weighted by Crippen LogP contribution is 2.23. The zero-order chi connectivity index (χ0) is 18.0. The van der Waals surface area contributed by atoms with Crippen molar-refractivity contribution in [2.24, 2.45) is 0 Å². The Balaban J connectivity index is 1.53. The Labute approximate surface area is 153 Å². The summed E-state index contributed by atoms with van der Waals surface area (Å²) in [6.07, 6.45) is 0. The SMILES string of the molecule is Cc1cc(C)c(NC(=O)CN2CCN(c3nc(C)cs3)CC2)c(C)c1. The molecular weight excluding hydrogens is 332 g/mol. The average Bonchev–Trinajstić information content (AvgIpc) is 2.98. The summed E-state index contributed by atoms with van der Waals surface area (Å²) in [5.74, 6) is 0.0635. The van der Waals surface area contributed by atoms with Crippen molar-refractivity contribution >= 4 is 28.1 Å². The Morgan fingerprint density at radius 1 is 1.12 bits per heavy atom. The van der Waals surface area contributed by atoms with E-state index in [1.54, 1.807) is 11.3 Å². The number of benzene rings is 1. The number of nitrogens with zero attached hydrogens (tertiary/aromatic N) is 3. The Kier molecular flexibility index (Phi) is 5.39. The number of hydrogen-bond acceptors (Lipinski definition) is 5. The Hall–Kier alpha value is -1.92. The quantitative estimate of drug-likeness (QED) is 0.912. The lowest BCUT2D eigenvalue weighted by Gasteiger charge is -2.34. The van der Waals surface area contributed by atoms with Crippen molar-refractivity contribution in [3.05, 3.63) is 39.9 Å². The van der Waals surface area contributed by atoms with Gasteiger partial charge in [-0.3, -0.25) is 9.69 Å². The number of carbonyl (C=O) groups is 1. The van der Waals surface area contributed by atoms with E-state index in [0.29, 0.717) is 6.54 Å². The molecule has 1 aromatic heterocycles. The lowest BCUT2D eigenvalue weighted by molar-refractivity contribution is -0.117. The number of piperazine rings is 1. The van der Waals surface area contributed by atoms with Crippen LogP contribution in [0, 0.1) is 27.7 Å².